The van der Waals surface area contributed by atoms with Crippen LogP contribution in [0.4, 0.5) is 11.5 Å². The number of hydrogen-bond donors (Lipinski definition) is 2. The van der Waals surface area contributed by atoms with Crippen LogP contribution in [0.25, 0.3) is 11.1 Å². The number of amides is 2. The summed E-state index contributed by atoms with van der Waals surface area (Å²) in [4.78, 5) is 25.2. The highest BCUT2D eigenvalue weighted by molar-refractivity contribution is 6.33. The molecule has 0 bridgehead atoms. The van der Waals surface area contributed by atoms with Crippen molar-refractivity contribution in [2.45, 2.75) is 12.5 Å². The van der Waals surface area contributed by atoms with Crippen LogP contribution in [-0.2, 0) is 9.59 Å². The number of methoxy groups -OCH3 is 1. The highest BCUT2D eigenvalue weighted by Crippen LogP contribution is 2.35. The molecule has 2 aromatic carbocycles. The molecular formula is C20H16Cl2N4O3. The van der Waals surface area contributed by atoms with Gasteiger partial charge in [-0.15, -0.1) is 0 Å². The number of benzene rings is 2. The van der Waals surface area contributed by atoms with Crippen molar-refractivity contribution in [2.75, 3.05) is 17.7 Å². The maximum absolute atomic E-state index is 12.9. The van der Waals surface area contributed by atoms with Crippen molar-refractivity contribution in [3.63, 3.8) is 0 Å². The van der Waals surface area contributed by atoms with Gasteiger partial charge in [0, 0.05) is 16.7 Å². The molecule has 7 nitrogen and oxygen atoms in total. The average Bonchev–Trinajstić information content (AvgIpc) is 3.13. The van der Waals surface area contributed by atoms with E-state index in [1.807, 2.05) is 12.1 Å². The lowest BCUT2D eigenvalue weighted by Crippen LogP contribution is -2.35. The fraction of sp³-hybridized carbons (Fsp3) is 0.150. The van der Waals surface area contributed by atoms with Gasteiger partial charge in [-0.3, -0.25) is 9.59 Å². The maximum Gasteiger partial charge on any atom is 0.249 e. The van der Waals surface area contributed by atoms with Crippen molar-refractivity contribution in [1.82, 2.24) is 9.78 Å². The molecule has 2 amide bonds. The van der Waals surface area contributed by atoms with E-state index < -0.39 is 11.9 Å². The van der Waals surface area contributed by atoms with Crippen LogP contribution in [0.3, 0.4) is 0 Å². The number of nitrogens with zero attached hydrogens (tertiary/aromatic N) is 2. The minimum absolute atomic E-state index is 0.0395. The van der Waals surface area contributed by atoms with Crippen LogP contribution < -0.4 is 15.4 Å². The van der Waals surface area contributed by atoms with Crippen molar-refractivity contribution in [1.29, 1.82) is 0 Å². The average molecular weight is 431 g/mol. The summed E-state index contributed by atoms with van der Waals surface area (Å²) < 4.78 is 6.68. The van der Waals surface area contributed by atoms with Gasteiger partial charge >= 0.3 is 0 Å². The van der Waals surface area contributed by atoms with Crippen LogP contribution in [0.1, 0.15) is 12.5 Å². The zero-order valence-electron chi connectivity index (χ0n) is 15.3. The Morgan fingerprint density at radius 1 is 1.24 bits per heavy atom. The predicted molar refractivity (Wildman–Crippen MR) is 112 cm³/mol. The highest BCUT2D eigenvalue weighted by Gasteiger charge is 2.33. The maximum atomic E-state index is 12.9. The molecule has 1 aromatic heterocycles. The van der Waals surface area contributed by atoms with Crippen LogP contribution in [0.5, 0.6) is 5.75 Å². The first kappa shape index (κ1) is 19.3. The Hall–Kier alpha value is -3.03. The molecule has 2 N–H and O–H groups in total. The Kier molecular flexibility index (Phi) is 5.17. The number of ether oxygens (including phenoxy) is 1. The Morgan fingerprint density at radius 2 is 2.00 bits per heavy atom. The van der Waals surface area contributed by atoms with E-state index in [0.717, 1.165) is 5.56 Å². The van der Waals surface area contributed by atoms with Gasteiger partial charge in [0.05, 0.1) is 30.4 Å². The molecule has 0 aliphatic carbocycles. The van der Waals surface area contributed by atoms with E-state index >= 15 is 0 Å². The molecule has 4 rings (SSSR count). The van der Waals surface area contributed by atoms with Gasteiger partial charge in [0.15, 0.2) is 0 Å². The summed E-state index contributed by atoms with van der Waals surface area (Å²) >= 11 is 12.1. The van der Waals surface area contributed by atoms with E-state index in [4.69, 9.17) is 27.9 Å². The van der Waals surface area contributed by atoms with E-state index in [-0.39, 0.29) is 12.3 Å². The number of aromatic nitrogens is 2. The number of fused-ring (bicyclic) bond motifs is 1. The van der Waals surface area contributed by atoms with Gasteiger partial charge in [-0.1, -0.05) is 35.3 Å². The lowest BCUT2D eigenvalue weighted by atomic mass is 10.1. The summed E-state index contributed by atoms with van der Waals surface area (Å²) in [7, 11) is 1.52. The third-order valence-electron chi connectivity index (χ3n) is 4.62. The van der Waals surface area contributed by atoms with Crippen molar-refractivity contribution >= 4 is 46.5 Å². The molecule has 0 fully saturated rings. The summed E-state index contributed by atoms with van der Waals surface area (Å²) in [6, 6.07) is 11.3. The Morgan fingerprint density at radius 3 is 2.72 bits per heavy atom. The molecule has 0 radical (unpaired) electrons. The Labute approximate surface area is 176 Å². The van der Waals surface area contributed by atoms with Gasteiger partial charge in [0.25, 0.3) is 0 Å². The predicted octanol–water partition coefficient (Wildman–Crippen LogP) is 4.39. The summed E-state index contributed by atoms with van der Waals surface area (Å²) in [5.41, 5.74) is 1.92. The van der Waals surface area contributed by atoms with Gasteiger partial charge in [0.1, 0.15) is 17.6 Å². The van der Waals surface area contributed by atoms with Crippen molar-refractivity contribution in [3.8, 4) is 16.9 Å². The number of hydrogen-bond acceptors (Lipinski definition) is 4. The molecule has 0 saturated carbocycles. The highest BCUT2D eigenvalue weighted by atomic mass is 35.5. The molecule has 148 valence electrons. The Bertz CT molecular complexity index is 1100. The van der Waals surface area contributed by atoms with E-state index in [1.165, 1.54) is 11.8 Å². The summed E-state index contributed by atoms with van der Waals surface area (Å²) in [5.74, 6) is 0.337. The first-order valence-corrected chi connectivity index (χ1v) is 9.49. The van der Waals surface area contributed by atoms with E-state index in [0.29, 0.717) is 32.9 Å². The summed E-state index contributed by atoms with van der Waals surface area (Å²) in [5, 5.41) is 10.9. The normalized spacial score (nSPS) is 15.4. The third kappa shape index (κ3) is 3.79. The lowest BCUT2D eigenvalue weighted by molar-refractivity contribution is -0.125. The van der Waals surface area contributed by atoms with Crippen LogP contribution in [0, 0.1) is 0 Å². The lowest BCUT2D eigenvalue weighted by Gasteiger charge is -2.25. The molecule has 1 aliphatic rings. The first-order valence-electron chi connectivity index (χ1n) is 8.74. The smallest absolute Gasteiger partial charge is 0.249 e. The van der Waals surface area contributed by atoms with Crippen molar-refractivity contribution in [3.05, 3.63) is 58.7 Å². The van der Waals surface area contributed by atoms with Crippen LogP contribution in [0.15, 0.2) is 48.7 Å². The number of carbonyl (C=O) groups excluding carboxylic acids is 2. The molecule has 3 aromatic rings. The molecule has 1 atom stereocenters. The minimum atomic E-state index is -0.818. The quantitative estimate of drug-likeness (QED) is 0.642. The summed E-state index contributed by atoms with van der Waals surface area (Å²) in [6.07, 6.45) is 1.57. The molecule has 9 heteroatoms. The number of halogens is 2. The Balaban J connectivity index is 1.66. The minimum Gasteiger partial charge on any atom is -0.497 e. The number of nitrogens with one attached hydrogen (secondary N) is 2. The van der Waals surface area contributed by atoms with E-state index in [9.17, 15) is 9.59 Å². The standard InChI is InChI=1S/C20H16Cl2N4O3/c1-29-13-6-7-15(22)16(8-13)24-20(28)17-9-18(27)25-19-14(10-23-26(17)19)11-2-4-12(21)5-3-11/h2-8,10,17H,9H2,1H3,(H,24,28)(H,25,27)/t17-/m0/s1. The van der Waals surface area contributed by atoms with Gasteiger partial charge in [0.2, 0.25) is 11.8 Å². The monoisotopic (exact) mass is 430 g/mol. The first-order chi connectivity index (χ1) is 14.0. The fourth-order valence-corrected chi connectivity index (χ4v) is 3.45. The summed E-state index contributed by atoms with van der Waals surface area (Å²) in [6.45, 7) is 0. The van der Waals surface area contributed by atoms with Crippen LogP contribution in [-0.4, -0.2) is 28.7 Å². The molecule has 29 heavy (non-hydrogen) atoms. The van der Waals surface area contributed by atoms with Crippen molar-refractivity contribution in [2.24, 2.45) is 0 Å². The molecule has 0 spiro atoms. The molecular weight excluding hydrogens is 415 g/mol. The second-order valence-corrected chi connectivity index (χ2v) is 7.31. The zero-order valence-corrected chi connectivity index (χ0v) is 16.8. The largest absolute Gasteiger partial charge is 0.497 e. The van der Waals surface area contributed by atoms with E-state index in [1.54, 1.807) is 36.5 Å². The van der Waals surface area contributed by atoms with Crippen LogP contribution >= 0.6 is 23.2 Å². The van der Waals surface area contributed by atoms with Gasteiger partial charge < -0.3 is 15.4 Å². The van der Waals surface area contributed by atoms with Crippen LogP contribution in [0.2, 0.25) is 10.0 Å². The van der Waals surface area contributed by atoms with Gasteiger partial charge in [-0.05, 0) is 29.8 Å². The van der Waals surface area contributed by atoms with Crippen molar-refractivity contribution < 1.29 is 14.3 Å². The number of rotatable bonds is 4. The molecule has 0 unspecified atom stereocenters. The molecule has 2 heterocycles. The zero-order chi connectivity index (χ0) is 20.5. The molecule has 1 aliphatic heterocycles. The fourth-order valence-electron chi connectivity index (χ4n) is 3.16. The molecule has 0 saturated heterocycles. The SMILES string of the molecule is COc1ccc(Cl)c(NC(=O)[C@@H]2CC(=O)Nc3c(-c4ccc(Cl)cc4)cnn32)c1. The third-order valence-corrected chi connectivity index (χ3v) is 5.20. The van der Waals surface area contributed by atoms with E-state index in [2.05, 4.69) is 15.7 Å². The van der Waals surface area contributed by atoms with Gasteiger partial charge in [-0.25, -0.2) is 4.68 Å². The number of carbonyl (C=O) groups is 2. The number of anilines is 2. The van der Waals surface area contributed by atoms with Gasteiger partial charge in [-0.2, -0.15) is 5.10 Å². The topological polar surface area (TPSA) is 85.2 Å². The second-order valence-electron chi connectivity index (χ2n) is 6.46. The second kappa shape index (κ2) is 7.77.